The standard InChI is InChI=1S/C22H26N6O2/c1-26(14-16-7-4-3-5-8-16)21(29)18-13-23-25-20(18)17-9-6-12-28(15-17)22(30)19-10-11-24-27(19)2/h3-5,7-8,10-11,13,17H,6,9,12,14-15H2,1-2H3,(H,23,25). The fourth-order valence-electron chi connectivity index (χ4n) is 4.06. The minimum atomic E-state index is -0.0716. The van der Waals surface area contributed by atoms with Gasteiger partial charge in [0.1, 0.15) is 5.69 Å². The lowest BCUT2D eigenvalue weighted by Crippen LogP contribution is -2.40. The van der Waals surface area contributed by atoms with Gasteiger partial charge in [-0.2, -0.15) is 10.2 Å². The first kappa shape index (κ1) is 19.9. The Morgan fingerprint density at radius 3 is 2.77 bits per heavy atom. The molecular formula is C22H26N6O2. The number of amides is 2. The zero-order valence-corrected chi connectivity index (χ0v) is 17.3. The van der Waals surface area contributed by atoms with Gasteiger partial charge in [0.05, 0.1) is 17.5 Å². The summed E-state index contributed by atoms with van der Waals surface area (Å²) in [6, 6.07) is 11.6. The maximum atomic E-state index is 13.1. The van der Waals surface area contributed by atoms with Crippen LogP contribution in [-0.2, 0) is 13.6 Å². The highest BCUT2D eigenvalue weighted by Crippen LogP contribution is 2.29. The Bertz CT molecular complexity index is 1030. The number of H-pyrrole nitrogens is 1. The molecule has 2 amide bonds. The number of rotatable bonds is 5. The van der Waals surface area contributed by atoms with E-state index in [1.807, 2.05) is 35.2 Å². The first-order chi connectivity index (χ1) is 14.5. The van der Waals surface area contributed by atoms with Crippen LogP contribution < -0.4 is 0 Å². The van der Waals surface area contributed by atoms with Crippen LogP contribution in [0.3, 0.4) is 0 Å². The lowest BCUT2D eigenvalue weighted by molar-refractivity contribution is 0.0694. The zero-order valence-electron chi connectivity index (χ0n) is 17.3. The van der Waals surface area contributed by atoms with Crippen molar-refractivity contribution in [1.29, 1.82) is 0 Å². The zero-order chi connectivity index (χ0) is 21.1. The highest BCUT2D eigenvalue weighted by Gasteiger charge is 2.31. The molecular weight excluding hydrogens is 380 g/mol. The molecule has 1 aliphatic rings. The summed E-state index contributed by atoms with van der Waals surface area (Å²) >= 11 is 0. The average molecular weight is 406 g/mol. The summed E-state index contributed by atoms with van der Waals surface area (Å²) in [5.74, 6) is -0.0616. The van der Waals surface area contributed by atoms with Crippen LogP contribution >= 0.6 is 0 Å². The van der Waals surface area contributed by atoms with E-state index in [1.165, 1.54) is 0 Å². The van der Waals surface area contributed by atoms with Gasteiger partial charge < -0.3 is 9.80 Å². The fourth-order valence-corrected chi connectivity index (χ4v) is 4.06. The smallest absolute Gasteiger partial charge is 0.272 e. The summed E-state index contributed by atoms with van der Waals surface area (Å²) in [4.78, 5) is 29.5. The van der Waals surface area contributed by atoms with Gasteiger partial charge in [0, 0.05) is 45.8 Å². The molecule has 3 aromatic rings. The van der Waals surface area contributed by atoms with E-state index in [4.69, 9.17) is 0 Å². The van der Waals surface area contributed by atoms with Crippen LogP contribution in [0.1, 0.15) is 50.9 Å². The van der Waals surface area contributed by atoms with Crippen molar-refractivity contribution in [3.63, 3.8) is 0 Å². The van der Waals surface area contributed by atoms with Gasteiger partial charge in [0.15, 0.2) is 0 Å². The Kier molecular flexibility index (Phi) is 5.65. The van der Waals surface area contributed by atoms with Crippen molar-refractivity contribution in [2.75, 3.05) is 20.1 Å². The number of hydrogen-bond donors (Lipinski definition) is 1. The molecule has 0 bridgehead atoms. The Labute approximate surface area is 175 Å². The first-order valence-electron chi connectivity index (χ1n) is 10.1. The Hall–Kier alpha value is -3.42. The molecule has 4 rings (SSSR count). The molecule has 0 radical (unpaired) electrons. The normalized spacial score (nSPS) is 16.5. The number of carbonyl (C=O) groups excluding carboxylic acids is 2. The molecule has 1 aliphatic heterocycles. The molecule has 30 heavy (non-hydrogen) atoms. The second kappa shape index (κ2) is 8.52. The number of likely N-dealkylation sites (tertiary alicyclic amines) is 1. The number of aryl methyl sites for hydroxylation is 1. The molecule has 0 saturated carbocycles. The molecule has 1 aromatic carbocycles. The van der Waals surface area contributed by atoms with Gasteiger partial charge in [-0.1, -0.05) is 30.3 Å². The van der Waals surface area contributed by atoms with Crippen molar-refractivity contribution in [1.82, 2.24) is 29.8 Å². The highest BCUT2D eigenvalue weighted by atomic mass is 16.2. The molecule has 8 heteroatoms. The van der Waals surface area contributed by atoms with Crippen molar-refractivity contribution in [3.8, 4) is 0 Å². The van der Waals surface area contributed by atoms with E-state index in [9.17, 15) is 9.59 Å². The lowest BCUT2D eigenvalue weighted by atomic mass is 9.92. The number of piperidine rings is 1. The molecule has 0 spiro atoms. The SMILES string of the molecule is CN(Cc1ccccc1)C(=O)c1cn[nH]c1C1CCCN(C(=O)c2ccnn2C)C1. The summed E-state index contributed by atoms with van der Waals surface area (Å²) in [5, 5.41) is 11.3. The third kappa shape index (κ3) is 3.98. The van der Waals surface area contributed by atoms with Crippen molar-refractivity contribution in [2.45, 2.75) is 25.3 Å². The van der Waals surface area contributed by atoms with Crippen LogP contribution in [0.4, 0.5) is 0 Å². The fraction of sp³-hybridized carbons (Fsp3) is 0.364. The molecule has 8 nitrogen and oxygen atoms in total. The van der Waals surface area contributed by atoms with E-state index in [2.05, 4.69) is 15.3 Å². The number of nitrogens with one attached hydrogen (secondary N) is 1. The van der Waals surface area contributed by atoms with Crippen LogP contribution in [0.5, 0.6) is 0 Å². The molecule has 2 aromatic heterocycles. The van der Waals surface area contributed by atoms with E-state index < -0.39 is 0 Å². The monoisotopic (exact) mass is 406 g/mol. The Morgan fingerprint density at radius 1 is 1.23 bits per heavy atom. The van der Waals surface area contributed by atoms with Crippen molar-refractivity contribution < 1.29 is 9.59 Å². The van der Waals surface area contributed by atoms with Crippen LogP contribution in [0.25, 0.3) is 0 Å². The van der Waals surface area contributed by atoms with E-state index in [-0.39, 0.29) is 17.7 Å². The van der Waals surface area contributed by atoms with Crippen LogP contribution in [0, 0.1) is 0 Å². The van der Waals surface area contributed by atoms with Gasteiger partial charge in [-0.05, 0) is 24.5 Å². The minimum Gasteiger partial charge on any atom is -0.337 e. The summed E-state index contributed by atoms with van der Waals surface area (Å²) in [7, 11) is 3.56. The predicted octanol–water partition coefficient (Wildman–Crippen LogP) is 2.44. The van der Waals surface area contributed by atoms with Crippen molar-refractivity contribution in [3.05, 3.63) is 71.3 Å². The van der Waals surface area contributed by atoms with E-state index in [1.54, 1.807) is 42.1 Å². The third-order valence-electron chi connectivity index (χ3n) is 5.67. The van der Waals surface area contributed by atoms with Crippen molar-refractivity contribution >= 4 is 11.8 Å². The minimum absolute atomic E-state index is 0.0340. The van der Waals surface area contributed by atoms with Gasteiger partial charge in [-0.25, -0.2) is 0 Å². The molecule has 156 valence electrons. The molecule has 0 aliphatic carbocycles. The van der Waals surface area contributed by atoms with E-state index in [0.717, 1.165) is 24.1 Å². The topological polar surface area (TPSA) is 87.1 Å². The van der Waals surface area contributed by atoms with Crippen LogP contribution in [0.2, 0.25) is 0 Å². The lowest BCUT2D eigenvalue weighted by Gasteiger charge is -2.32. The number of hydrogen-bond acceptors (Lipinski definition) is 4. The molecule has 1 N–H and O–H groups in total. The largest absolute Gasteiger partial charge is 0.337 e. The molecule has 1 atom stereocenters. The van der Waals surface area contributed by atoms with Gasteiger partial charge in [0.25, 0.3) is 11.8 Å². The number of nitrogens with zero attached hydrogens (tertiary/aromatic N) is 5. The number of carbonyl (C=O) groups is 2. The Balaban J connectivity index is 1.48. The maximum absolute atomic E-state index is 13.1. The second-order valence-corrected chi connectivity index (χ2v) is 7.77. The maximum Gasteiger partial charge on any atom is 0.272 e. The number of aromatic nitrogens is 4. The summed E-state index contributed by atoms with van der Waals surface area (Å²) < 4.78 is 1.59. The Morgan fingerprint density at radius 2 is 2.03 bits per heavy atom. The third-order valence-corrected chi connectivity index (χ3v) is 5.67. The van der Waals surface area contributed by atoms with Crippen LogP contribution in [0.15, 0.2) is 48.8 Å². The predicted molar refractivity (Wildman–Crippen MR) is 112 cm³/mol. The van der Waals surface area contributed by atoms with Crippen LogP contribution in [-0.4, -0.2) is 61.7 Å². The van der Waals surface area contributed by atoms with Crippen molar-refractivity contribution in [2.24, 2.45) is 7.05 Å². The average Bonchev–Trinajstić information content (AvgIpc) is 3.42. The number of aromatic amines is 1. The molecule has 1 fully saturated rings. The highest BCUT2D eigenvalue weighted by molar-refractivity contribution is 5.95. The van der Waals surface area contributed by atoms with E-state index in [0.29, 0.717) is 30.9 Å². The summed E-state index contributed by atoms with van der Waals surface area (Å²) in [6.07, 6.45) is 5.00. The van der Waals surface area contributed by atoms with Gasteiger partial charge in [0.2, 0.25) is 0 Å². The molecule has 3 heterocycles. The summed E-state index contributed by atoms with van der Waals surface area (Å²) in [5.41, 5.74) is 3.03. The first-order valence-corrected chi connectivity index (χ1v) is 10.1. The van der Waals surface area contributed by atoms with Gasteiger partial charge in [-0.3, -0.25) is 19.4 Å². The number of benzene rings is 1. The second-order valence-electron chi connectivity index (χ2n) is 7.77. The van der Waals surface area contributed by atoms with E-state index >= 15 is 0 Å². The quantitative estimate of drug-likeness (QED) is 0.705. The van der Waals surface area contributed by atoms with Gasteiger partial charge in [-0.15, -0.1) is 0 Å². The molecule has 1 saturated heterocycles. The summed E-state index contributed by atoms with van der Waals surface area (Å²) in [6.45, 7) is 1.78. The van der Waals surface area contributed by atoms with Gasteiger partial charge >= 0.3 is 0 Å². The molecule has 1 unspecified atom stereocenters.